The summed E-state index contributed by atoms with van der Waals surface area (Å²) in [6.07, 6.45) is 0.859. The number of halogens is 1. The topological polar surface area (TPSA) is 77.1 Å². The van der Waals surface area contributed by atoms with Gasteiger partial charge in [0.25, 0.3) is 0 Å². The highest BCUT2D eigenvalue weighted by Crippen LogP contribution is 2.39. The maximum atomic E-state index is 12.9. The van der Waals surface area contributed by atoms with Crippen molar-refractivity contribution in [2.24, 2.45) is 0 Å². The Hall–Kier alpha value is -2.77. The minimum absolute atomic E-state index is 0.129. The summed E-state index contributed by atoms with van der Waals surface area (Å²) in [6.45, 7) is 4.69. The van der Waals surface area contributed by atoms with E-state index in [9.17, 15) is 9.59 Å². The zero-order valence-electron chi connectivity index (χ0n) is 18.9. The largest absolute Gasteiger partial charge is 0.493 e. The molecule has 1 amide bonds. The van der Waals surface area contributed by atoms with E-state index in [0.717, 1.165) is 23.1 Å². The van der Waals surface area contributed by atoms with Gasteiger partial charge in [-0.1, -0.05) is 17.7 Å². The lowest BCUT2D eigenvalue weighted by molar-refractivity contribution is -0.145. The summed E-state index contributed by atoms with van der Waals surface area (Å²) in [5.74, 6) is 0.745. The molecule has 1 N–H and O–H groups in total. The van der Waals surface area contributed by atoms with Crippen LogP contribution in [-0.2, 0) is 20.7 Å². The van der Waals surface area contributed by atoms with Crippen LogP contribution in [0.4, 0.5) is 5.69 Å². The summed E-state index contributed by atoms with van der Waals surface area (Å²) in [4.78, 5) is 27.3. The first-order valence-electron chi connectivity index (χ1n) is 10.6. The Labute approximate surface area is 193 Å². The molecular weight excluding hydrogens is 432 g/mol. The van der Waals surface area contributed by atoms with Gasteiger partial charge in [0.1, 0.15) is 0 Å². The summed E-state index contributed by atoms with van der Waals surface area (Å²) >= 11 is 6.17. The van der Waals surface area contributed by atoms with Crippen LogP contribution >= 0.6 is 11.6 Å². The van der Waals surface area contributed by atoms with Crippen molar-refractivity contribution in [1.82, 2.24) is 4.90 Å². The number of anilines is 1. The number of ether oxygens (including phenoxy) is 3. The molecule has 0 saturated heterocycles. The molecule has 0 saturated carbocycles. The average Bonchev–Trinajstić information content (AvgIpc) is 2.77. The van der Waals surface area contributed by atoms with E-state index < -0.39 is 0 Å². The van der Waals surface area contributed by atoms with E-state index in [2.05, 4.69) is 5.32 Å². The molecule has 1 unspecified atom stereocenters. The van der Waals surface area contributed by atoms with Gasteiger partial charge in [0.05, 0.1) is 33.8 Å². The number of fused-ring (bicyclic) bond motifs is 1. The van der Waals surface area contributed by atoms with E-state index in [1.807, 2.05) is 30.0 Å². The number of methoxy groups -OCH3 is 2. The first-order chi connectivity index (χ1) is 15.4. The molecule has 2 aromatic carbocycles. The van der Waals surface area contributed by atoms with Gasteiger partial charge in [0.2, 0.25) is 5.91 Å². The predicted molar refractivity (Wildman–Crippen MR) is 124 cm³/mol. The standard InChI is InChI=1S/C24H29ClN2O5/c1-5-32-24(29)13-20-17-12-22(31-4)21(30-3)11-16(17)9-10-27(20)14-23(28)26-19-8-6-7-18(25)15(19)2/h6-8,11-12,20H,5,9-10,13-14H2,1-4H3,(H,26,28). The molecule has 1 aliphatic heterocycles. The molecule has 1 atom stereocenters. The summed E-state index contributed by atoms with van der Waals surface area (Å²) in [5, 5.41) is 3.53. The van der Waals surface area contributed by atoms with Crippen molar-refractivity contribution in [2.45, 2.75) is 32.7 Å². The smallest absolute Gasteiger partial charge is 0.307 e. The molecule has 1 heterocycles. The number of carbonyl (C=O) groups is 2. The van der Waals surface area contributed by atoms with Crippen molar-refractivity contribution < 1.29 is 23.8 Å². The number of hydrogen-bond donors (Lipinski definition) is 1. The molecule has 0 radical (unpaired) electrons. The van der Waals surface area contributed by atoms with E-state index >= 15 is 0 Å². The van der Waals surface area contributed by atoms with Gasteiger partial charge in [0.15, 0.2) is 11.5 Å². The highest BCUT2D eigenvalue weighted by Gasteiger charge is 2.32. The summed E-state index contributed by atoms with van der Waals surface area (Å²) in [7, 11) is 3.17. The number of nitrogens with zero attached hydrogens (tertiary/aromatic N) is 1. The molecule has 32 heavy (non-hydrogen) atoms. The van der Waals surface area contributed by atoms with Crippen LogP contribution in [0.2, 0.25) is 5.02 Å². The van der Waals surface area contributed by atoms with Crippen molar-refractivity contribution in [3.8, 4) is 11.5 Å². The number of benzene rings is 2. The first-order valence-corrected chi connectivity index (χ1v) is 10.9. The molecule has 1 aliphatic rings. The van der Waals surface area contributed by atoms with Crippen LogP contribution in [0.25, 0.3) is 0 Å². The van der Waals surface area contributed by atoms with E-state index in [1.54, 1.807) is 33.3 Å². The molecular formula is C24H29ClN2O5. The fraction of sp³-hybridized carbons (Fsp3) is 0.417. The zero-order chi connectivity index (χ0) is 23.3. The zero-order valence-corrected chi connectivity index (χ0v) is 19.6. The van der Waals surface area contributed by atoms with Crippen LogP contribution in [-0.4, -0.2) is 50.7 Å². The quantitative estimate of drug-likeness (QED) is 0.596. The number of nitrogens with one attached hydrogen (secondary N) is 1. The molecule has 2 aromatic rings. The molecule has 0 fully saturated rings. The minimum Gasteiger partial charge on any atom is -0.493 e. The number of hydrogen-bond acceptors (Lipinski definition) is 6. The summed E-state index contributed by atoms with van der Waals surface area (Å²) in [6, 6.07) is 8.92. The third kappa shape index (κ3) is 5.34. The second kappa shape index (κ2) is 10.7. The lowest BCUT2D eigenvalue weighted by Crippen LogP contribution is -2.41. The van der Waals surface area contributed by atoms with Crippen molar-refractivity contribution >= 4 is 29.2 Å². The fourth-order valence-corrected chi connectivity index (χ4v) is 4.18. The van der Waals surface area contributed by atoms with Crippen LogP contribution in [0, 0.1) is 6.92 Å². The van der Waals surface area contributed by atoms with Crippen molar-refractivity contribution in [1.29, 1.82) is 0 Å². The Bertz CT molecular complexity index is 995. The summed E-state index contributed by atoms with van der Waals surface area (Å²) < 4.78 is 16.1. The van der Waals surface area contributed by atoms with Crippen molar-refractivity contribution in [2.75, 3.05) is 39.2 Å². The average molecular weight is 461 g/mol. The highest BCUT2D eigenvalue weighted by molar-refractivity contribution is 6.31. The van der Waals surface area contributed by atoms with Gasteiger partial charge in [-0.2, -0.15) is 0 Å². The van der Waals surface area contributed by atoms with Crippen molar-refractivity contribution in [3.05, 3.63) is 52.0 Å². The van der Waals surface area contributed by atoms with Gasteiger partial charge >= 0.3 is 5.97 Å². The second-order valence-electron chi connectivity index (χ2n) is 7.61. The second-order valence-corrected chi connectivity index (χ2v) is 8.02. The van der Waals surface area contributed by atoms with E-state index in [0.29, 0.717) is 35.4 Å². The Morgan fingerprint density at radius 2 is 1.91 bits per heavy atom. The molecule has 0 aliphatic carbocycles. The third-order valence-corrected chi connectivity index (χ3v) is 6.08. The molecule has 0 aromatic heterocycles. The highest BCUT2D eigenvalue weighted by atomic mass is 35.5. The Morgan fingerprint density at radius 1 is 1.19 bits per heavy atom. The Morgan fingerprint density at radius 3 is 2.59 bits per heavy atom. The molecule has 0 spiro atoms. The fourth-order valence-electron chi connectivity index (χ4n) is 4.00. The van der Waals surface area contributed by atoms with Crippen LogP contribution in [0.5, 0.6) is 11.5 Å². The van der Waals surface area contributed by atoms with Gasteiger partial charge in [-0.15, -0.1) is 0 Å². The van der Waals surface area contributed by atoms with Gasteiger partial charge in [-0.3, -0.25) is 14.5 Å². The van der Waals surface area contributed by atoms with Gasteiger partial charge in [-0.25, -0.2) is 0 Å². The normalized spacial score (nSPS) is 15.6. The number of amides is 1. The number of carbonyl (C=O) groups excluding carboxylic acids is 2. The van der Waals surface area contributed by atoms with Gasteiger partial charge in [0, 0.05) is 23.3 Å². The van der Waals surface area contributed by atoms with Crippen LogP contribution in [0.1, 0.15) is 36.1 Å². The first kappa shape index (κ1) is 23.9. The van der Waals surface area contributed by atoms with E-state index in [4.69, 9.17) is 25.8 Å². The number of esters is 1. The van der Waals surface area contributed by atoms with E-state index in [-0.39, 0.29) is 30.9 Å². The van der Waals surface area contributed by atoms with E-state index in [1.165, 1.54) is 0 Å². The SMILES string of the molecule is CCOC(=O)CC1c2cc(OC)c(OC)cc2CCN1CC(=O)Nc1cccc(Cl)c1C. The Balaban J connectivity index is 1.86. The molecule has 7 nitrogen and oxygen atoms in total. The van der Waals surface area contributed by atoms with Gasteiger partial charge < -0.3 is 19.5 Å². The predicted octanol–water partition coefficient (Wildman–Crippen LogP) is 4.16. The monoisotopic (exact) mass is 460 g/mol. The van der Waals surface area contributed by atoms with Crippen LogP contribution in [0.15, 0.2) is 30.3 Å². The maximum absolute atomic E-state index is 12.9. The Kier molecular flexibility index (Phi) is 7.99. The number of rotatable bonds is 8. The lowest BCUT2D eigenvalue weighted by Gasteiger charge is -2.37. The third-order valence-electron chi connectivity index (χ3n) is 5.67. The summed E-state index contributed by atoms with van der Waals surface area (Å²) in [5.41, 5.74) is 3.49. The molecule has 0 bridgehead atoms. The maximum Gasteiger partial charge on any atom is 0.307 e. The minimum atomic E-state index is -0.316. The molecule has 172 valence electrons. The molecule has 3 rings (SSSR count). The van der Waals surface area contributed by atoms with Gasteiger partial charge in [-0.05, 0) is 61.2 Å². The van der Waals surface area contributed by atoms with Crippen LogP contribution in [0.3, 0.4) is 0 Å². The van der Waals surface area contributed by atoms with Crippen molar-refractivity contribution in [3.63, 3.8) is 0 Å². The lowest BCUT2D eigenvalue weighted by atomic mass is 9.90. The molecule has 8 heteroatoms. The van der Waals surface area contributed by atoms with Crippen LogP contribution < -0.4 is 14.8 Å².